The van der Waals surface area contributed by atoms with Crippen molar-refractivity contribution < 1.29 is 17.6 Å². The van der Waals surface area contributed by atoms with Gasteiger partial charge in [0.1, 0.15) is 18.4 Å². The van der Waals surface area contributed by atoms with Crippen molar-refractivity contribution in [3.63, 3.8) is 0 Å². The first-order chi connectivity index (χ1) is 14.2. The maximum Gasteiger partial charge on any atom is 0.408 e. The van der Waals surface area contributed by atoms with E-state index < -0.39 is 19.4 Å². The summed E-state index contributed by atoms with van der Waals surface area (Å²) in [5.41, 5.74) is 7.50. The van der Waals surface area contributed by atoms with Gasteiger partial charge >= 0.3 is 6.18 Å². The Morgan fingerprint density at radius 2 is 1.93 bits per heavy atom. The second-order valence-corrected chi connectivity index (χ2v) is 7.65. The third-order valence-corrected chi connectivity index (χ3v) is 5.19. The minimum atomic E-state index is -4.36. The van der Waals surface area contributed by atoms with Crippen LogP contribution in [0.25, 0.3) is 0 Å². The van der Waals surface area contributed by atoms with Crippen molar-refractivity contribution in [3.8, 4) is 11.8 Å². The zero-order valence-corrected chi connectivity index (χ0v) is 16.9. The van der Waals surface area contributed by atoms with Gasteiger partial charge < -0.3 is 10.6 Å². The number of nitrogens with zero attached hydrogens (tertiary/aromatic N) is 4. The predicted octanol–water partition coefficient (Wildman–Crippen LogP) is 3.94. The fourth-order valence-corrected chi connectivity index (χ4v) is 3.75. The number of alkyl halides is 4. The average Bonchev–Trinajstić information content (AvgIpc) is 3.11. The first-order valence-corrected chi connectivity index (χ1v) is 9.98. The van der Waals surface area contributed by atoms with Gasteiger partial charge in [-0.15, -0.1) is 0 Å². The van der Waals surface area contributed by atoms with Gasteiger partial charge in [-0.05, 0) is 25.7 Å². The van der Waals surface area contributed by atoms with Gasteiger partial charge in [0.15, 0.2) is 0 Å². The van der Waals surface area contributed by atoms with Gasteiger partial charge in [-0.2, -0.15) is 18.3 Å². The lowest BCUT2D eigenvalue weighted by Crippen LogP contribution is -2.42. The maximum absolute atomic E-state index is 13.3. The largest absolute Gasteiger partial charge is 0.408 e. The van der Waals surface area contributed by atoms with Gasteiger partial charge in [-0.25, -0.2) is 9.37 Å². The molecule has 0 aliphatic heterocycles. The first kappa shape index (κ1) is 22.4. The lowest BCUT2D eigenvalue weighted by molar-refractivity contribution is -0.142. The molecule has 1 aliphatic carbocycles. The van der Waals surface area contributed by atoms with E-state index >= 15 is 0 Å². The SMILES string of the molecule is NC1CCC(N(CCF)c2cc(Cl)ncc2C#Cc2cnn(CC(F)(F)F)c2)CC1. The van der Waals surface area contributed by atoms with E-state index in [0.29, 0.717) is 16.8 Å². The molecule has 0 unspecified atom stereocenters. The zero-order valence-electron chi connectivity index (χ0n) is 16.2. The minimum Gasteiger partial charge on any atom is -0.365 e. The fourth-order valence-electron chi connectivity index (χ4n) is 3.60. The Bertz CT molecular complexity index is 910. The highest BCUT2D eigenvalue weighted by atomic mass is 35.5. The molecule has 1 fully saturated rings. The lowest BCUT2D eigenvalue weighted by atomic mass is 9.90. The van der Waals surface area contributed by atoms with Crippen LogP contribution in [0.3, 0.4) is 0 Å². The average molecular weight is 444 g/mol. The molecule has 0 aromatic carbocycles. The van der Waals surface area contributed by atoms with Crippen LogP contribution in [0.4, 0.5) is 23.2 Å². The monoisotopic (exact) mass is 443 g/mol. The molecular formula is C20H22ClF4N5. The van der Waals surface area contributed by atoms with Crippen LogP contribution in [0.5, 0.6) is 0 Å². The molecular weight excluding hydrogens is 422 g/mol. The lowest BCUT2D eigenvalue weighted by Gasteiger charge is -2.37. The molecule has 2 aromatic heterocycles. The van der Waals surface area contributed by atoms with Crippen molar-refractivity contribution in [2.45, 2.75) is 50.5 Å². The molecule has 1 aliphatic rings. The Labute approximate surface area is 177 Å². The van der Waals surface area contributed by atoms with Crippen molar-refractivity contribution in [2.75, 3.05) is 18.1 Å². The molecule has 0 radical (unpaired) electrons. The fraction of sp³-hybridized carbons (Fsp3) is 0.500. The molecule has 0 spiro atoms. The van der Waals surface area contributed by atoms with Gasteiger partial charge in [0.2, 0.25) is 0 Å². The van der Waals surface area contributed by atoms with Crippen molar-refractivity contribution in [1.82, 2.24) is 14.8 Å². The van der Waals surface area contributed by atoms with Gasteiger partial charge in [0, 0.05) is 37.1 Å². The Morgan fingerprint density at radius 1 is 1.20 bits per heavy atom. The van der Waals surface area contributed by atoms with E-state index in [-0.39, 0.29) is 23.8 Å². The molecule has 2 aromatic rings. The molecule has 0 atom stereocenters. The molecule has 2 N–H and O–H groups in total. The van der Waals surface area contributed by atoms with E-state index in [9.17, 15) is 17.6 Å². The molecule has 2 heterocycles. The standard InChI is InChI=1S/C20H22ClF4N5/c21-19-9-18(30(8-7-22)17-5-3-16(26)4-6-17)15(11-27-19)2-1-14-10-28-29(12-14)13-20(23,24)25/h9-12,16-17H,3-8,13,26H2. The van der Waals surface area contributed by atoms with Gasteiger partial charge in [-0.1, -0.05) is 23.4 Å². The Morgan fingerprint density at radius 3 is 2.60 bits per heavy atom. The molecule has 30 heavy (non-hydrogen) atoms. The number of hydrogen-bond acceptors (Lipinski definition) is 4. The number of rotatable bonds is 5. The summed E-state index contributed by atoms with van der Waals surface area (Å²) in [7, 11) is 0. The molecule has 5 nitrogen and oxygen atoms in total. The van der Waals surface area contributed by atoms with E-state index in [0.717, 1.165) is 30.4 Å². The molecule has 0 saturated heterocycles. The highest BCUT2D eigenvalue weighted by Gasteiger charge is 2.28. The third kappa shape index (κ3) is 6.09. The Hall–Kier alpha value is -2.31. The van der Waals surface area contributed by atoms with Crippen molar-refractivity contribution in [2.24, 2.45) is 5.73 Å². The molecule has 162 valence electrons. The summed E-state index contributed by atoms with van der Waals surface area (Å²) < 4.78 is 51.6. The number of nitrogens with two attached hydrogens (primary N) is 1. The first-order valence-electron chi connectivity index (χ1n) is 9.60. The van der Waals surface area contributed by atoms with Gasteiger partial charge in [0.05, 0.1) is 23.0 Å². The Balaban J connectivity index is 1.87. The summed E-state index contributed by atoms with van der Waals surface area (Å²) in [6, 6.07) is 1.90. The highest BCUT2D eigenvalue weighted by molar-refractivity contribution is 6.29. The van der Waals surface area contributed by atoms with Crippen LogP contribution < -0.4 is 10.6 Å². The summed E-state index contributed by atoms with van der Waals surface area (Å²) in [6.45, 7) is -1.55. The highest BCUT2D eigenvalue weighted by Crippen LogP contribution is 2.30. The van der Waals surface area contributed by atoms with Crippen molar-refractivity contribution in [1.29, 1.82) is 0 Å². The van der Waals surface area contributed by atoms with Crippen LogP contribution in [0.1, 0.15) is 36.8 Å². The van der Waals surface area contributed by atoms with E-state index in [2.05, 4.69) is 21.9 Å². The summed E-state index contributed by atoms with van der Waals surface area (Å²) in [6.07, 6.45) is 2.99. The minimum absolute atomic E-state index is 0.106. The molecule has 0 bridgehead atoms. The number of halogens is 5. The van der Waals surface area contributed by atoms with E-state index in [1.54, 1.807) is 6.07 Å². The quantitative estimate of drug-likeness (QED) is 0.432. The van der Waals surface area contributed by atoms with Crippen LogP contribution in [-0.2, 0) is 6.54 Å². The van der Waals surface area contributed by atoms with Gasteiger partial charge in [-0.3, -0.25) is 4.68 Å². The van der Waals surface area contributed by atoms with Crippen molar-refractivity contribution in [3.05, 3.63) is 40.9 Å². The second-order valence-electron chi connectivity index (χ2n) is 7.27. The van der Waals surface area contributed by atoms with Crippen molar-refractivity contribution >= 4 is 17.3 Å². The second kappa shape index (κ2) is 9.67. The number of aromatic nitrogens is 3. The van der Waals surface area contributed by atoms with Crippen LogP contribution >= 0.6 is 11.6 Å². The summed E-state index contributed by atoms with van der Waals surface area (Å²) in [4.78, 5) is 6.00. The maximum atomic E-state index is 13.3. The van der Waals surface area contributed by atoms with E-state index in [1.807, 2.05) is 4.90 Å². The molecule has 1 saturated carbocycles. The van der Waals surface area contributed by atoms with E-state index in [1.165, 1.54) is 18.6 Å². The van der Waals surface area contributed by atoms with Gasteiger partial charge in [0.25, 0.3) is 0 Å². The topological polar surface area (TPSA) is 60.0 Å². The summed E-state index contributed by atoms with van der Waals surface area (Å²) >= 11 is 6.09. The molecule has 10 heteroatoms. The summed E-state index contributed by atoms with van der Waals surface area (Å²) in [5, 5.41) is 3.94. The molecule has 3 rings (SSSR count). The van der Waals surface area contributed by atoms with E-state index in [4.69, 9.17) is 17.3 Å². The van der Waals surface area contributed by atoms with Crippen LogP contribution in [0, 0.1) is 11.8 Å². The number of hydrogen-bond donors (Lipinski definition) is 1. The normalized spacial score (nSPS) is 19.3. The van der Waals surface area contributed by atoms with Crippen LogP contribution in [0.2, 0.25) is 5.15 Å². The molecule has 0 amide bonds. The van der Waals surface area contributed by atoms with Crippen LogP contribution in [-0.4, -0.2) is 46.2 Å². The smallest absolute Gasteiger partial charge is 0.365 e. The number of pyridine rings is 1. The third-order valence-electron chi connectivity index (χ3n) is 4.98. The summed E-state index contributed by atoms with van der Waals surface area (Å²) in [5.74, 6) is 5.73. The number of anilines is 1. The zero-order chi connectivity index (χ0) is 21.7. The predicted molar refractivity (Wildman–Crippen MR) is 107 cm³/mol. The van der Waals surface area contributed by atoms with Crippen LogP contribution in [0.15, 0.2) is 24.7 Å². The Kier molecular flexibility index (Phi) is 7.21.